The summed E-state index contributed by atoms with van der Waals surface area (Å²) in [5, 5.41) is 0.418. The van der Waals surface area contributed by atoms with Crippen molar-refractivity contribution in [2.24, 2.45) is 0 Å². The number of hydrogen-bond acceptors (Lipinski definition) is 3. The van der Waals surface area contributed by atoms with Gasteiger partial charge in [-0.05, 0) is 12.1 Å². The number of nitrogens with two attached hydrogens (primary N) is 1. The van der Waals surface area contributed by atoms with E-state index < -0.39 is 5.97 Å². The van der Waals surface area contributed by atoms with Crippen molar-refractivity contribution in [3.05, 3.63) is 28.8 Å². The average Bonchev–Trinajstić information content (AvgIpc) is 2.16. The lowest BCUT2D eigenvalue weighted by Gasteiger charge is -1.98. The van der Waals surface area contributed by atoms with E-state index in [0.717, 1.165) is 0 Å². The molecule has 1 rings (SSSR count). The molecule has 0 radical (unpaired) electrons. The van der Waals surface area contributed by atoms with Crippen molar-refractivity contribution >= 4 is 23.3 Å². The van der Waals surface area contributed by atoms with Gasteiger partial charge in [-0.3, -0.25) is 0 Å². The van der Waals surface area contributed by atoms with Gasteiger partial charge in [0.05, 0.1) is 17.7 Å². The summed E-state index contributed by atoms with van der Waals surface area (Å²) in [6.45, 7) is 0. The molecule has 72 valence electrons. The van der Waals surface area contributed by atoms with Crippen molar-refractivity contribution in [1.82, 2.24) is 0 Å². The molecule has 0 saturated heterocycles. The van der Waals surface area contributed by atoms with Gasteiger partial charge in [0.2, 0.25) is 0 Å². The zero-order chi connectivity index (χ0) is 10.6. The van der Waals surface area contributed by atoms with Gasteiger partial charge in [-0.2, -0.15) is 0 Å². The van der Waals surface area contributed by atoms with Crippen molar-refractivity contribution in [3.8, 4) is 11.8 Å². The van der Waals surface area contributed by atoms with Crippen LogP contribution in [0.2, 0.25) is 5.02 Å². The summed E-state index contributed by atoms with van der Waals surface area (Å²) in [4.78, 5) is 10.7. The molecule has 0 atom stereocenters. The summed E-state index contributed by atoms with van der Waals surface area (Å²) < 4.78 is 4.36. The molecule has 0 aliphatic carbocycles. The Balaban J connectivity index is 3.06. The number of esters is 1. The molecule has 0 saturated carbocycles. The second-order valence-corrected chi connectivity index (χ2v) is 2.85. The molecule has 3 nitrogen and oxygen atoms in total. The van der Waals surface area contributed by atoms with Gasteiger partial charge in [-0.1, -0.05) is 23.6 Å². The first-order chi connectivity index (χ1) is 6.65. The molecule has 2 N–H and O–H groups in total. The van der Waals surface area contributed by atoms with Crippen LogP contribution in [0, 0.1) is 11.8 Å². The highest BCUT2D eigenvalue weighted by atomic mass is 35.5. The third-order valence-corrected chi connectivity index (χ3v) is 1.84. The van der Waals surface area contributed by atoms with Crippen molar-refractivity contribution in [2.75, 3.05) is 12.8 Å². The van der Waals surface area contributed by atoms with Crippen LogP contribution in [0.1, 0.15) is 5.56 Å². The van der Waals surface area contributed by atoms with Crippen LogP contribution in [0.5, 0.6) is 0 Å². The molecule has 4 heteroatoms. The molecule has 0 aromatic heterocycles. The number of nitrogen functional groups attached to an aromatic ring is 1. The van der Waals surface area contributed by atoms with Crippen LogP contribution in [0.25, 0.3) is 0 Å². The van der Waals surface area contributed by atoms with Crippen molar-refractivity contribution in [2.45, 2.75) is 0 Å². The van der Waals surface area contributed by atoms with E-state index in [0.29, 0.717) is 16.3 Å². The fourth-order valence-corrected chi connectivity index (χ4v) is 1.07. The second kappa shape index (κ2) is 4.54. The Morgan fingerprint density at radius 3 is 2.86 bits per heavy atom. The summed E-state index contributed by atoms with van der Waals surface area (Å²) in [7, 11) is 1.26. The van der Waals surface area contributed by atoms with E-state index in [9.17, 15) is 4.79 Å². The molecule has 0 aliphatic heterocycles. The molecular weight excluding hydrogens is 202 g/mol. The van der Waals surface area contributed by atoms with Crippen molar-refractivity contribution < 1.29 is 9.53 Å². The van der Waals surface area contributed by atoms with E-state index in [1.54, 1.807) is 18.2 Å². The van der Waals surface area contributed by atoms with E-state index in [-0.39, 0.29) is 0 Å². The minimum absolute atomic E-state index is 0.418. The predicted octanol–water partition coefficient (Wildman–Crippen LogP) is 1.45. The highest BCUT2D eigenvalue weighted by Gasteiger charge is 2.00. The highest BCUT2D eigenvalue weighted by Crippen LogP contribution is 2.20. The van der Waals surface area contributed by atoms with Gasteiger partial charge < -0.3 is 10.5 Å². The number of carbonyl (C=O) groups excluding carboxylic acids is 1. The van der Waals surface area contributed by atoms with Crippen LogP contribution in [-0.4, -0.2) is 13.1 Å². The van der Waals surface area contributed by atoms with Gasteiger partial charge in [-0.25, -0.2) is 4.79 Å². The number of ether oxygens (including phenoxy) is 1. The molecule has 1 aromatic rings. The monoisotopic (exact) mass is 209 g/mol. The fourth-order valence-electron chi connectivity index (χ4n) is 0.837. The van der Waals surface area contributed by atoms with Gasteiger partial charge in [0.1, 0.15) is 0 Å². The fraction of sp³-hybridized carbons (Fsp3) is 0.100. The Kier molecular flexibility index (Phi) is 3.38. The summed E-state index contributed by atoms with van der Waals surface area (Å²) in [6.07, 6.45) is 0. The number of halogens is 1. The van der Waals surface area contributed by atoms with Crippen LogP contribution in [0.3, 0.4) is 0 Å². The molecule has 1 aromatic carbocycles. The normalized spacial score (nSPS) is 8.71. The summed E-state index contributed by atoms with van der Waals surface area (Å²) in [5.74, 6) is 4.18. The second-order valence-electron chi connectivity index (χ2n) is 2.45. The number of carbonyl (C=O) groups is 1. The third kappa shape index (κ3) is 2.41. The Morgan fingerprint density at radius 1 is 1.57 bits per heavy atom. The van der Waals surface area contributed by atoms with E-state index >= 15 is 0 Å². The first kappa shape index (κ1) is 10.4. The SMILES string of the molecule is COC(=O)C#Cc1c(N)cccc1Cl. The maximum Gasteiger partial charge on any atom is 0.384 e. The maximum absolute atomic E-state index is 10.7. The zero-order valence-corrected chi connectivity index (χ0v) is 8.26. The minimum Gasteiger partial charge on any atom is -0.459 e. The molecular formula is C10H8ClNO2. The zero-order valence-electron chi connectivity index (χ0n) is 7.50. The Bertz CT molecular complexity index is 398. The third-order valence-electron chi connectivity index (χ3n) is 1.52. The first-order valence-electron chi connectivity index (χ1n) is 3.79. The molecule has 0 aliphatic rings. The Hall–Kier alpha value is -1.66. The van der Waals surface area contributed by atoms with Gasteiger partial charge in [0.25, 0.3) is 0 Å². The van der Waals surface area contributed by atoms with E-state index in [4.69, 9.17) is 17.3 Å². The van der Waals surface area contributed by atoms with Gasteiger partial charge >= 0.3 is 5.97 Å². The lowest BCUT2D eigenvalue weighted by Crippen LogP contribution is -1.96. The number of rotatable bonds is 0. The van der Waals surface area contributed by atoms with Crippen molar-refractivity contribution in [1.29, 1.82) is 0 Å². The van der Waals surface area contributed by atoms with Crippen LogP contribution < -0.4 is 5.73 Å². The quantitative estimate of drug-likeness (QED) is 0.400. The van der Waals surface area contributed by atoms with Crippen molar-refractivity contribution in [3.63, 3.8) is 0 Å². The molecule has 0 fully saturated rings. The van der Waals surface area contributed by atoms with Crippen LogP contribution in [0.15, 0.2) is 18.2 Å². The van der Waals surface area contributed by atoms with Gasteiger partial charge in [0, 0.05) is 11.6 Å². The molecule has 0 heterocycles. The average molecular weight is 210 g/mol. The number of hydrogen-bond donors (Lipinski definition) is 1. The van der Waals surface area contributed by atoms with Gasteiger partial charge in [-0.15, -0.1) is 0 Å². The molecule has 0 unspecified atom stereocenters. The molecule has 0 spiro atoms. The number of benzene rings is 1. The largest absolute Gasteiger partial charge is 0.459 e. The van der Waals surface area contributed by atoms with E-state index in [1.807, 2.05) is 0 Å². The van der Waals surface area contributed by atoms with Crippen LogP contribution in [0.4, 0.5) is 5.69 Å². The smallest absolute Gasteiger partial charge is 0.384 e. The Labute approximate surface area is 86.8 Å². The lowest BCUT2D eigenvalue weighted by atomic mass is 10.2. The number of methoxy groups -OCH3 is 1. The topological polar surface area (TPSA) is 52.3 Å². The Morgan fingerprint density at radius 2 is 2.29 bits per heavy atom. The molecule has 0 amide bonds. The maximum atomic E-state index is 10.7. The summed E-state index contributed by atoms with van der Waals surface area (Å²) in [5.41, 5.74) is 6.49. The lowest BCUT2D eigenvalue weighted by molar-refractivity contribution is -0.133. The standard InChI is InChI=1S/C10H8ClNO2/c1-14-10(13)6-5-7-8(11)3-2-4-9(7)12/h2-4H,12H2,1H3. The first-order valence-corrected chi connectivity index (χ1v) is 4.17. The van der Waals surface area contributed by atoms with Gasteiger partial charge in [0.15, 0.2) is 0 Å². The predicted molar refractivity (Wildman–Crippen MR) is 54.8 cm³/mol. The minimum atomic E-state index is -0.621. The molecule has 14 heavy (non-hydrogen) atoms. The molecule has 0 bridgehead atoms. The van der Waals surface area contributed by atoms with Crippen LogP contribution in [-0.2, 0) is 9.53 Å². The van der Waals surface area contributed by atoms with Crippen LogP contribution >= 0.6 is 11.6 Å². The summed E-state index contributed by atoms with van der Waals surface area (Å²) in [6, 6.07) is 5.02. The summed E-state index contributed by atoms with van der Waals surface area (Å²) >= 11 is 5.82. The van der Waals surface area contributed by atoms with E-state index in [2.05, 4.69) is 16.6 Å². The number of anilines is 1. The van der Waals surface area contributed by atoms with E-state index in [1.165, 1.54) is 7.11 Å². The highest BCUT2D eigenvalue weighted by molar-refractivity contribution is 6.32.